The molecule has 2 aliphatic heterocycles. The second-order valence-corrected chi connectivity index (χ2v) is 5.29. The summed E-state index contributed by atoms with van der Waals surface area (Å²) in [4.78, 5) is 14.6. The van der Waals surface area contributed by atoms with Crippen LogP contribution in [0.1, 0.15) is 19.8 Å². The van der Waals surface area contributed by atoms with Gasteiger partial charge in [0.05, 0.1) is 5.41 Å². The lowest BCUT2D eigenvalue weighted by Crippen LogP contribution is -2.56. The summed E-state index contributed by atoms with van der Waals surface area (Å²) < 4.78 is 0. The summed E-state index contributed by atoms with van der Waals surface area (Å²) in [6.45, 7) is 7.80. The summed E-state index contributed by atoms with van der Waals surface area (Å²) in [5, 5.41) is 5.37. The van der Waals surface area contributed by atoms with Crippen molar-refractivity contribution in [1.29, 1.82) is 0 Å². The van der Waals surface area contributed by atoms with Gasteiger partial charge in [-0.15, -0.1) is 0 Å². The van der Waals surface area contributed by atoms with E-state index < -0.39 is 0 Å². The Labute approximate surface area is 103 Å². The maximum atomic E-state index is 12.3. The number of likely N-dealkylation sites (N-methyl/N-ethyl adjacent to an activating group) is 1. The summed E-state index contributed by atoms with van der Waals surface area (Å²) in [6.07, 6.45) is 1.88. The molecule has 5 nitrogen and oxygen atoms in total. The Morgan fingerprint density at radius 3 is 2.59 bits per heavy atom. The zero-order valence-corrected chi connectivity index (χ0v) is 11.0. The Kier molecular flexibility index (Phi) is 4.01. The number of carbonyl (C=O) groups excluding carboxylic acids is 1. The van der Waals surface area contributed by atoms with E-state index in [1.807, 2.05) is 0 Å². The molecule has 0 radical (unpaired) electrons. The van der Waals surface area contributed by atoms with E-state index in [9.17, 15) is 4.79 Å². The molecule has 0 spiro atoms. The molecule has 0 saturated carbocycles. The van der Waals surface area contributed by atoms with Crippen molar-refractivity contribution in [1.82, 2.24) is 20.7 Å². The highest BCUT2D eigenvalue weighted by atomic mass is 16.2. The lowest BCUT2D eigenvalue weighted by atomic mass is 9.83. The van der Waals surface area contributed by atoms with Crippen LogP contribution in [0.3, 0.4) is 0 Å². The van der Waals surface area contributed by atoms with Crippen molar-refractivity contribution in [2.24, 2.45) is 5.41 Å². The van der Waals surface area contributed by atoms with Gasteiger partial charge in [-0.1, -0.05) is 6.92 Å². The average molecular weight is 240 g/mol. The molecular weight excluding hydrogens is 216 g/mol. The number of rotatable bonds is 3. The molecule has 1 unspecified atom stereocenters. The van der Waals surface area contributed by atoms with Crippen LogP contribution >= 0.6 is 0 Å². The Morgan fingerprint density at radius 2 is 2.06 bits per heavy atom. The molecule has 2 N–H and O–H groups in total. The van der Waals surface area contributed by atoms with E-state index in [1.54, 1.807) is 0 Å². The van der Waals surface area contributed by atoms with Gasteiger partial charge < -0.3 is 10.2 Å². The highest BCUT2D eigenvalue weighted by Crippen LogP contribution is 2.29. The van der Waals surface area contributed by atoms with Gasteiger partial charge in [0.25, 0.3) is 0 Å². The predicted octanol–water partition coefficient (Wildman–Crippen LogP) is -0.345. The molecule has 2 aliphatic rings. The van der Waals surface area contributed by atoms with Crippen LogP contribution in [0, 0.1) is 5.41 Å². The molecular formula is C12H24N4O. The third-order valence-electron chi connectivity index (χ3n) is 4.17. The second kappa shape index (κ2) is 5.33. The van der Waals surface area contributed by atoms with Crippen molar-refractivity contribution in [2.75, 3.05) is 46.3 Å². The fraction of sp³-hybridized carbons (Fsp3) is 0.917. The maximum absolute atomic E-state index is 12.3. The molecule has 0 aromatic heterocycles. The summed E-state index contributed by atoms with van der Waals surface area (Å²) in [5.74, 6) is 0.203. The molecule has 2 heterocycles. The number of nitrogens with zero attached hydrogens (tertiary/aromatic N) is 2. The minimum absolute atomic E-state index is 0.177. The summed E-state index contributed by atoms with van der Waals surface area (Å²) in [6, 6.07) is 0. The van der Waals surface area contributed by atoms with Gasteiger partial charge in [-0.25, -0.2) is 5.01 Å². The number of amides is 1. The molecule has 1 amide bonds. The van der Waals surface area contributed by atoms with Crippen molar-refractivity contribution in [3.05, 3.63) is 0 Å². The van der Waals surface area contributed by atoms with E-state index in [1.165, 1.54) is 0 Å². The topological polar surface area (TPSA) is 47.6 Å². The predicted molar refractivity (Wildman–Crippen MR) is 67.4 cm³/mol. The van der Waals surface area contributed by atoms with Crippen LogP contribution in [-0.2, 0) is 4.79 Å². The molecule has 0 aliphatic carbocycles. The Morgan fingerprint density at radius 1 is 1.35 bits per heavy atom. The van der Waals surface area contributed by atoms with E-state index in [0.29, 0.717) is 0 Å². The fourth-order valence-electron chi connectivity index (χ4n) is 2.58. The third kappa shape index (κ3) is 2.78. The van der Waals surface area contributed by atoms with Crippen LogP contribution in [-0.4, -0.2) is 62.1 Å². The van der Waals surface area contributed by atoms with Gasteiger partial charge in [-0.3, -0.25) is 10.2 Å². The molecule has 2 rings (SSSR count). The van der Waals surface area contributed by atoms with E-state index in [-0.39, 0.29) is 11.3 Å². The van der Waals surface area contributed by atoms with Crippen molar-refractivity contribution in [2.45, 2.75) is 19.8 Å². The first kappa shape index (κ1) is 12.8. The Bertz CT molecular complexity index is 268. The molecule has 2 saturated heterocycles. The first-order chi connectivity index (χ1) is 8.16. The lowest BCUT2D eigenvalue weighted by Gasteiger charge is -2.35. The summed E-state index contributed by atoms with van der Waals surface area (Å²) >= 11 is 0. The summed E-state index contributed by atoms with van der Waals surface area (Å²) in [7, 11) is 2.12. The number of piperazine rings is 1. The van der Waals surface area contributed by atoms with E-state index in [2.05, 4.69) is 34.6 Å². The normalized spacial score (nSPS) is 31.6. The van der Waals surface area contributed by atoms with Gasteiger partial charge in [-0.2, -0.15) is 0 Å². The largest absolute Gasteiger partial charge is 0.316 e. The third-order valence-corrected chi connectivity index (χ3v) is 4.17. The van der Waals surface area contributed by atoms with Gasteiger partial charge in [0.15, 0.2) is 0 Å². The van der Waals surface area contributed by atoms with Crippen LogP contribution in [0.5, 0.6) is 0 Å². The average Bonchev–Trinajstić information content (AvgIpc) is 2.82. The van der Waals surface area contributed by atoms with Crippen LogP contribution < -0.4 is 10.7 Å². The minimum atomic E-state index is -0.177. The Hall–Kier alpha value is -0.650. The van der Waals surface area contributed by atoms with Crippen LogP contribution in [0.15, 0.2) is 0 Å². The molecule has 98 valence electrons. The van der Waals surface area contributed by atoms with Gasteiger partial charge in [0.1, 0.15) is 0 Å². The minimum Gasteiger partial charge on any atom is -0.316 e. The summed E-state index contributed by atoms with van der Waals surface area (Å²) in [5.41, 5.74) is 2.92. The van der Waals surface area contributed by atoms with Gasteiger partial charge in [-0.05, 0) is 26.4 Å². The number of hydrogen-bond acceptors (Lipinski definition) is 4. The fourth-order valence-corrected chi connectivity index (χ4v) is 2.58. The quantitative estimate of drug-likeness (QED) is 0.708. The van der Waals surface area contributed by atoms with Gasteiger partial charge in [0.2, 0.25) is 5.91 Å². The van der Waals surface area contributed by atoms with Crippen molar-refractivity contribution in [3.8, 4) is 0 Å². The lowest BCUT2D eigenvalue weighted by molar-refractivity contribution is -0.136. The monoisotopic (exact) mass is 240 g/mol. The SMILES string of the molecule is CCC1(C(=O)NN2CCN(C)CC2)CCNC1. The molecule has 5 heteroatoms. The molecule has 0 aromatic rings. The van der Waals surface area contributed by atoms with Crippen molar-refractivity contribution >= 4 is 5.91 Å². The molecule has 0 bridgehead atoms. The van der Waals surface area contributed by atoms with Crippen LogP contribution in [0.25, 0.3) is 0 Å². The first-order valence-corrected chi connectivity index (χ1v) is 6.61. The smallest absolute Gasteiger partial charge is 0.241 e. The first-order valence-electron chi connectivity index (χ1n) is 6.61. The molecule has 1 atom stereocenters. The zero-order chi connectivity index (χ0) is 12.3. The zero-order valence-electron chi connectivity index (χ0n) is 11.0. The number of nitrogens with one attached hydrogen (secondary N) is 2. The van der Waals surface area contributed by atoms with Crippen molar-refractivity contribution < 1.29 is 4.79 Å². The van der Waals surface area contributed by atoms with Crippen molar-refractivity contribution in [3.63, 3.8) is 0 Å². The molecule has 17 heavy (non-hydrogen) atoms. The van der Waals surface area contributed by atoms with Gasteiger partial charge >= 0.3 is 0 Å². The number of hydrogen-bond donors (Lipinski definition) is 2. The second-order valence-electron chi connectivity index (χ2n) is 5.29. The molecule has 2 fully saturated rings. The van der Waals surface area contributed by atoms with Gasteiger partial charge in [0, 0.05) is 32.7 Å². The highest BCUT2D eigenvalue weighted by molar-refractivity contribution is 5.82. The number of hydrazine groups is 1. The maximum Gasteiger partial charge on any atom is 0.241 e. The van der Waals surface area contributed by atoms with E-state index in [0.717, 1.165) is 52.1 Å². The van der Waals surface area contributed by atoms with Crippen LogP contribution in [0.2, 0.25) is 0 Å². The highest BCUT2D eigenvalue weighted by Gasteiger charge is 2.40. The standard InChI is InChI=1S/C12H24N4O/c1-3-12(4-5-13-10-12)11(17)14-16-8-6-15(2)7-9-16/h13H,3-10H2,1-2H3,(H,14,17). The Balaban J connectivity index is 1.87. The van der Waals surface area contributed by atoms with E-state index >= 15 is 0 Å². The molecule has 0 aromatic carbocycles. The number of carbonyl (C=O) groups is 1. The van der Waals surface area contributed by atoms with E-state index in [4.69, 9.17) is 0 Å². The van der Waals surface area contributed by atoms with Crippen LogP contribution in [0.4, 0.5) is 0 Å².